The maximum atomic E-state index is 13.6. The maximum Gasteiger partial charge on any atom is 0.410 e. The van der Waals surface area contributed by atoms with Crippen LogP contribution in [0.1, 0.15) is 37.5 Å². The van der Waals surface area contributed by atoms with E-state index < -0.39 is 17.7 Å². The zero-order valence-corrected chi connectivity index (χ0v) is 23.9. The number of aryl methyl sites for hydroxylation is 1. The van der Waals surface area contributed by atoms with E-state index in [0.717, 1.165) is 11.1 Å². The van der Waals surface area contributed by atoms with E-state index in [9.17, 15) is 18.8 Å². The molecule has 4 rings (SSSR count). The SMILES string of the molecule is Cc1cc(/C=C/C(=O)N2C3CN(Cc4ccc(F)cc4)CC2CN(C(=O)OC(C)(C)C)C3)c(NC(N)=O)cc1Cl. The van der Waals surface area contributed by atoms with E-state index in [1.165, 1.54) is 18.2 Å². The van der Waals surface area contributed by atoms with E-state index in [4.69, 9.17) is 22.1 Å². The Hall–Kier alpha value is -3.63. The topological polar surface area (TPSA) is 108 Å². The lowest BCUT2D eigenvalue weighted by atomic mass is 9.99. The maximum absolute atomic E-state index is 13.6. The van der Waals surface area contributed by atoms with Gasteiger partial charge in [0.2, 0.25) is 5.91 Å². The first-order chi connectivity index (χ1) is 18.8. The number of primary amides is 1. The highest BCUT2D eigenvalue weighted by molar-refractivity contribution is 6.31. The van der Waals surface area contributed by atoms with Gasteiger partial charge in [-0.2, -0.15) is 0 Å². The van der Waals surface area contributed by atoms with Crippen molar-refractivity contribution >= 4 is 41.4 Å². The van der Waals surface area contributed by atoms with Gasteiger partial charge in [0.15, 0.2) is 0 Å². The largest absolute Gasteiger partial charge is 0.444 e. The zero-order valence-electron chi connectivity index (χ0n) is 23.1. The van der Waals surface area contributed by atoms with Crippen molar-refractivity contribution in [3.63, 3.8) is 0 Å². The monoisotopic (exact) mass is 571 g/mol. The number of hydrogen-bond acceptors (Lipinski definition) is 5. The Morgan fingerprint density at radius 2 is 1.73 bits per heavy atom. The Bertz CT molecular complexity index is 1290. The first kappa shape index (κ1) is 29.4. The molecule has 9 nitrogen and oxygen atoms in total. The molecule has 0 spiro atoms. The average molecular weight is 572 g/mol. The molecule has 2 atom stereocenters. The van der Waals surface area contributed by atoms with Gasteiger partial charge in [-0.1, -0.05) is 23.7 Å². The highest BCUT2D eigenvalue weighted by Gasteiger charge is 2.44. The summed E-state index contributed by atoms with van der Waals surface area (Å²) in [6, 6.07) is 8.43. The number of nitrogens with zero attached hydrogens (tertiary/aromatic N) is 3. The number of anilines is 1. The molecule has 2 saturated heterocycles. The predicted molar refractivity (Wildman–Crippen MR) is 152 cm³/mol. The van der Waals surface area contributed by atoms with E-state index in [1.807, 2.05) is 32.6 Å². The van der Waals surface area contributed by atoms with Crippen LogP contribution < -0.4 is 11.1 Å². The van der Waals surface area contributed by atoms with Gasteiger partial charge in [-0.15, -0.1) is 0 Å². The van der Waals surface area contributed by atoms with Crippen LogP contribution in [0.3, 0.4) is 0 Å². The number of carbonyl (C=O) groups is 3. The van der Waals surface area contributed by atoms with Gasteiger partial charge in [0.1, 0.15) is 11.4 Å². The first-order valence-electron chi connectivity index (χ1n) is 13.1. The molecular weight excluding hydrogens is 537 g/mol. The normalized spacial score (nSPS) is 19.6. The van der Waals surface area contributed by atoms with Gasteiger partial charge < -0.3 is 25.6 Å². The van der Waals surface area contributed by atoms with Crippen LogP contribution in [-0.2, 0) is 16.1 Å². The number of nitrogens with two attached hydrogens (primary N) is 1. The van der Waals surface area contributed by atoms with E-state index in [0.29, 0.717) is 49.0 Å². The molecule has 214 valence electrons. The van der Waals surface area contributed by atoms with Crippen LogP contribution in [0, 0.1) is 12.7 Å². The fraction of sp³-hybridized carbons (Fsp3) is 0.414. The summed E-state index contributed by atoms with van der Waals surface area (Å²) in [5.41, 5.74) is 7.41. The summed E-state index contributed by atoms with van der Waals surface area (Å²) in [5, 5.41) is 3.00. The molecule has 40 heavy (non-hydrogen) atoms. The Morgan fingerprint density at radius 3 is 2.30 bits per heavy atom. The molecule has 0 aromatic heterocycles. The van der Waals surface area contributed by atoms with Gasteiger partial charge >= 0.3 is 12.1 Å². The predicted octanol–water partition coefficient (Wildman–Crippen LogP) is 4.62. The molecule has 2 aromatic carbocycles. The van der Waals surface area contributed by atoms with E-state index >= 15 is 0 Å². The summed E-state index contributed by atoms with van der Waals surface area (Å²) in [5.74, 6) is -0.501. The van der Waals surface area contributed by atoms with Crippen molar-refractivity contribution in [3.8, 4) is 0 Å². The second kappa shape index (κ2) is 11.9. The standard InChI is InChI=1S/C29H35ClFN5O4/c1-18-11-20(25(12-24(18)30)33-27(32)38)7-10-26(37)36-22-14-34(13-19-5-8-21(31)9-6-19)15-23(36)17-35(16-22)28(39)40-29(2,3)4/h5-12,22-23H,13-17H2,1-4H3,(H3,32,33,38)/b10-7+. The fourth-order valence-electron chi connectivity index (χ4n) is 5.16. The van der Waals surface area contributed by atoms with E-state index in [-0.39, 0.29) is 23.8 Å². The highest BCUT2D eigenvalue weighted by Crippen LogP contribution is 2.29. The second-order valence-electron chi connectivity index (χ2n) is 11.3. The van der Waals surface area contributed by atoms with Gasteiger partial charge in [0.05, 0.1) is 17.8 Å². The molecule has 2 aromatic rings. The quantitative estimate of drug-likeness (QED) is 0.509. The molecule has 2 aliphatic heterocycles. The van der Waals surface area contributed by atoms with Crippen LogP contribution >= 0.6 is 11.6 Å². The van der Waals surface area contributed by atoms with Crippen LogP contribution in [0.25, 0.3) is 6.08 Å². The van der Waals surface area contributed by atoms with Gasteiger partial charge in [0.25, 0.3) is 0 Å². The van der Waals surface area contributed by atoms with Gasteiger partial charge in [-0.3, -0.25) is 9.69 Å². The number of carbonyl (C=O) groups excluding carboxylic acids is 3. The highest BCUT2D eigenvalue weighted by atomic mass is 35.5. The fourth-order valence-corrected chi connectivity index (χ4v) is 5.33. The number of urea groups is 1. The molecule has 2 bridgehead atoms. The number of amides is 4. The van der Waals surface area contributed by atoms with E-state index in [2.05, 4.69) is 10.2 Å². The first-order valence-corrected chi connectivity index (χ1v) is 13.5. The lowest BCUT2D eigenvalue weighted by Crippen LogP contribution is -2.70. The summed E-state index contributed by atoms with van der Waals surface area (Å²) in [7, 11) is 0. The number of piperazine rings is 2. The summed E-state index contributed by atoms with van der Waals surface area (Å²) in [4.78, 5) is 43.7. The lowest BCUT2D eigenvalue weighted by Gasteiger charge is -2.52. The Kier molecular flexibility index (Phi) is 8.70. The zero-order chi connectivity index (χ0) is 29.2. The van der Waals surface area contributed by atoms with Crippen LogP contribution in [-0.4, -0.2) is 76.6 Å². The molecule has 2 aliphatic rings. The van der Waals surface area contributed by atoms with Gasteiger partial charge in [0, 0.05) is 43.8 Å². The third-order valence-electron chi connectivity index (χ3n) is 6.81. The van der Waals surface area contributed by atoms with Crippen LogP contribution in [0.15, 0.2) is 42.5 Å². The van der Waals surface area contributed by atoms with Crippen molar-refractivity contribution < 1.29 is 23.5 Å². The Labute approximate surface area is 238 Å². The third kappa shape index (κ3) is 7.31. The minimum atomic E-state index is -0.741. The summed E-state index contributed by atoms with van der Waals surface area (Å²) in [6.07, 6.45) is 2.69. The molecule has 2 heterocycles. The minimum Gasteiger partial charge on any atom is -0.444 e. The van der Waals surface area contributed by atoms with Crippen LogP contribution in [0.4, 0.5) is 19.7 Å². The molecule has 11 heteroatoms. The van der Waals surface area contributed by atoms with Crippen molar-refractivity contribution in [2.24, 2.45) is 5.73 Å². The van der Waals surface area contributed by atoms with Crippen molar-refractivity contribution in [1.82, 2.24) is 14.7 Å². The Morgan fingerprint density at radius 1 is 1.10 bits per heavy atom. The number of halogens is 2. The van der Waals surface area contributed by atoms with E-state index in [1.54, 1.807) is 35.2 Å². The molecule has 0 aliphatic carbocycles. The smallest absolute Gasteiger partial charge is 0.410 e. The molecular formula is C29H35ClFN5O4. The molecule has 2 fully saturated rings. The summed E-state index contributed by atoms with van der Waals surface area (Å²) < 4.78 is 19.0. The van der Waals surface area contributed by atoms with Crippen molar-refractivity contribution in [2.45, 2.75) is 51.9 Å². The second-order valence-corrected chi connectivity index (χ2v) is 11.7. The number of rotatable bonds is 5. The van der Waals surface area contributed by atoms with Crippen molar-refractivity contribution in [2.75, 3.05) is 31.5 Å². The lowest BCUT2D eigenvalue weighted by molar-refractivity contribution is -0.140. The molecule has 4 amide bonds. The molecule has 0 saturated carbocycles. The van der Waals surface area contributed by atoms with Gasteiger partial charge in [-0.05, 0) is 74.7 Å². The minimum absolute atomic E-state index is 0.210. The summed E-state index contributed by atoms with van der Waals surface area (Å²) >= 11 is 6.22. The number of nitrogens with one attached hydrogen (secondary N) is 1. The number of benzene rings is 2. The van der Waals surface area contributed by atoms with Crippen LogP contribution in [0.2, 0.25) is 5.02 Å². The molecule has 0 radical (unpaired) electrons. The van der Waals surface area contributed by atoms with Crippen molar-refractivity contribution in [3.05, 3.63) is 70.0 Å². The van der Waals surface area contributed by atoms with Crippen LogP contribution in [0.5, 0.6) is 0 Å². The summed E-state index contributed by atoms with van der Waals surface area (Å²) in [6.45, 7) is 9.58. The Balaban J connectivity index is 1.56. The number of hydrogen-bond donors (Lipinski definition) is 2. The molecule has 3 N–H and O–H groups in total. The number of ether oxygens (including phenoxy) is 1. The average Bonchev–Trinajstić information content (AvgIpc) is 2.84. The van der Waals surface area contributed by atoms with Crippen molar-refractivity contribution in [1.29, 1.82) is 0 Å². The molecule has 2 unspecified atom stereocenters. The third-order valence-corrected chi connectivity index (χ3v) is 7.21. The van der Waals surface area contributed by atoms with Gasteiger partial charge in [-0.25, -0.2) is 14.0 Å². The number of fused-ring (bicyclic) bond motifs is 2.